The van der Waals surface area contributed by atoms with Crippen LogP contribution in [0.5, 0.6) is 0 Å². The van der Waals surface area contributed by atoms with Crippen LogP contribution in [0.3, 0.4) is 0 Å². The Morgan fingerprint density at radius 3 is 2.30 bits per heavy atom. The van der Waals surface area contributed by atoms with Crippen LogP contribution < -0.4 is 5.32 Å². The molecule has 0 amide bonds. The second-order valence-electron chi connectivity index (χ2n) is 5.09. The van der Waals surface area contributed by atoms with Gasteiger partial charge in [0.1, 0.15) is 5.54 Å². The molecule has 0 saturated carbocycles. The van der Waals surface area contributed by atoms with Crippen molar-refractivity contribution in [3.63, 3.8) is 0 Å². The Morgan fingerprint density at radius 1 is 0.950 bits per heavy atom. The van der Waals surface area contributed by atoms with Crippen molar-refractivity contribution >= 4 is 28.9 Å². The van der Waals surface area contributed by atoms with E-state index >= 15 is 0 Å². The van der Waals surface area contributed by atoms with Gasteiger partial charge in [0.15, 0.2) is 0 Å². The SMILES string of the molecule is N#CC1(Nc2ccc(Cl)cc2)Cc2ccc(Cl)cc2C1. The molecule has 0 saturated heterocycles. The Labute approximate surface area is 127 Å². The number of benzene rings is 2. The number of halogens is 2. The Balaban J connectivity index is 1.88. The number of anilines is 1. The molecule has 20 heavy (non-hydrogen) atoms. The summed E-state index contributed by atoms with van der Waals surface area (Å²) in [4.78, 5) is 0. The monoisotopic (exact) mass is 302 g/mol. The molecular weight excluding hydrogens is 291 g/mol. The molecule has 0 heterocycles. The smallest absolute Gasteiger partial charge is 0.133 e. The third kappa shape index (κ3) is 2.47. The highest BCUT2D eigenvalue weighted by molar-refractivity contribution is 6.30. The number of nitrogens with one attached hydrogen (secondary N) is 1. The normalized spacial score (nSPS) is 20.2. The summed E-state index contributed by atoms with van der Waals surface area (Å²) in [5.41, 5.74) is 2.61. The summed E-state index contributed by atoms with van der Waals surface area (Å²) in [6, 6.07) is 15.6. The quantitative estimate of drug-likeness (QED) is 0.888. The van der Waals surface area contributed by atoms with Crippen molar-refractivity contribution in [3.8, 4) is 6.07 Å². The van der Waals surface area contributed by atoms with Gasteiger partial charge in [-0.25, -0.2) is 0 Å². The first-order valence-corrected chi connectivity index (χ1v) is 7.08. The number of hydrogen-bond donors (Lipinski definition) is 1. The van der Waals surface area contributed by atoms with E-state index in [2.05, 4.69) is 11.4 Å². The van der Waals surface area contributed by atoms with Crippen molar-refractivity contribution in [1.29, 1.82) is 5.26 Å². The molecule has 0 fully saturated rings. The summed E-state index contributed by atoms with van der Waals surface area (Å²) in [5, 5.41) is 14.3. The van der Waals surface area contributed by atoms with Crippen LogP contribution in [0.2, 0.25) is 10.0 Å². The van der Waals surface area contributed by atoms with E-state index in [9.17, 15) is 5.26 Å². The molecule has 0 aliphatic heterocycles. The zero-order valence-corrected chi connectivity index (χ0v) is 12.2. The first kappa shape index (κ1) is 13.3. The molecule has 0 radical (unpaired) electrons. The maximum atomic E-state index is 9.60. The lowest BCUT2D eigenvalue weighted by molar-refractivity contribution is 0.628. The van der Waals surface area contributed by atoms with E-state index in [1.54, 1.807) is 0 Å². The van der Waals surface area contributed by atoms with Gasteiger partial charge in [0.2, 0.25) is 0 Å². The highest BCUT2D eigenvalue weighted by atomic mass is 35.5. The maximum Gasteiger partial charge on any atom is 0.133 e. The van der Waals surface area contributed by atoms with E-state index in [-0.39, 0.29) is 0 Å². The number of rotatable bonds is 2. The predicted octanol–water partition coefficient (Wildman–Crippen LogP) is 4.47. The summed E-state index contributed by atoms with van der Waals surface area (Å²) in [6.07, 6.45) is 1.33. The zero-order chi connectivity index (χ0) is 14.2. The first-order valence-electron chi connectivity index (χ1n) is 6.33. The van der Waals surface area contributed by atoms with Crippen LogP contribution >= 0.6 is 23.2 Å². The van der Waals surface area contributed by atoms with Crippen LogP contribution in [0.25, 0.3) is 0 Å². The van der Waals surface area contributed by atoms with Crippen LogP contribution in [0.4, 0.5) is 5.69 Å². The van der Waals surface area contributed by atoms with Gasteiger partial charge in [0.05, 0.1) is 6.07 Å². The molecule has 1 unspecified atom stereocenters. The van der Waals surface area contributed by atoms with Crippen LogP contribution in [0.1, 0.15) is 11.1 Å². The third-order valence-electron chi connectivity index (χ3n) is 3.59. The minimum atomic E-state index is -0.610. The van der Waals surface area contributed by atoms with Crippen LogP contribution in [0, 0.1) is 11.3 Å². The van der Waals surface area contributed by atoms with E-state index in [0.717, 1.165) is 11.3 Å². The minimum Gasteiger partial charge on any atom is -0.367 e. The maximum absolute atomic E-state index is 9.60. The highest BCUT2D eigenvalue weighted by Gasteiger charge is 2.37. The van der Waals surface area contributed by atoms with E-state index in [4.69, 9.17) is 23.2 Å². The fraction of sp³-hybridized carbons (Fsp3) is 0.188. The van der Waals surface area contributed by atoms with Crippen LogP contribution in [-0.2, 0) is 12.8 Å². The van der Waals surface area contributed by atoms with Gasteiger partial charge in [-0.3, -0.25) is 0 Å². The van der Waals surface area contributed by atoms with Gasteiger partial charge in [0.25, 0.3) is 0 Å². The van der Waals surface area contributed by atoms with Crippen molar-refractivity contribution in [3.05, 3.63) is 63.6 Å². The van der Waals surface area contributed by atoms with Crippen LogP contribution in [-0.4, -0.2) is 5.54 Å². The standard InChI is InChI=1S/C16H12Cl2N2/c17-13-3-5-15(6-4-13)20-16(10-19)8-11-1-2-14(18)7-12(11)9-16/h1-7,20H,8-9H2. The van der Waals surface area contributed by atoms with Gasteiger partial charge < -0.3 is 5.32 Å². The van der Waals surface area contributed by atoms with E-state index in [1.165, 1.54) is 5.56 Å². The molecule has 1 atom stereocenters. The third-order valence-corrected chi connectivity index (χ3v) is 4.08. The molecule has 3 rings (SSSR count). The first-order chi connectivity index (χ1) is 9.60. The lowest BCUT2D eigenvalue weighted by Crippen LogP contribution is -2.37. The Bertz CT molecular complexity index is 689. The average molecular weight is 303 g/mol. The largest absolute Gasteiger partial charge is 0.367 e. The van der Waals surface area contributed by atoms with Crippen molar-refractivity contribution in [2.75, 3.05) is 5.32 Å². The molecule has 100 valence electrons. The van der Waals surface area contributed by atoms with Gasteiger partial charge in [-0.05, 0) is 47.5 Å². The molecule has 0 aromatic heterocycles. The molecule has 1 aliphatic carbocycles. The Kier molecular flexibility index (Phi) is 3.33. The molecule has 2 aromatic rings. The van der Waals surface area contributed by atoms with Crippen molar-refractivity contribution in [1.82, 2.24) is 0 Å². The van der Waals surface area contributed by atoms with Crippen molar-refractivity contribution < 1.29 is 0 Å². The lowest BCUT2D eigenvalue weighted by atomic mass is 9.97. The topological polar surface area (TPSA) is 35.8 Å². The van der Waals surface area contributed by atoms with E-state index in [1.807, 2.05) is 42.5 Å². The fourth-order valence-electron chi connectivity index (χ4n) is 2.65. The summed E-state index contributed by atoms with van der Waals surface area (Å²) in [7, 11) is 0. The van der Waals surface area contributed by atoms with Crippen LogP contribution in [0.15, 0.2) is 42.5 Å². The zero-order valence-electron chi connectivity index (χ0n) is 10.7. The molecular formula is C16H12Cl2N2. The summed E-state index contributed by atoms with van der Waals surface area (Å²) >= 11 is 11.9. The predicted molar refractivity (Wildman–Crippen MR) is 82.3 cm³/mol. The molecule has 0 bridgehead atoms. The van der Waals surface area contributed by atoms with E-state index in [0.29, 0.717) is 22.9 Å². The summed E-state index contributed by atoms with van der Waals surface area (Å²) in [6.45, 7) is 0. The number of fused-ring (bicyclic) bond motifs is 1. The molecule has 2 nitrogen and oxygen atoms in total. The van der Waals surface area contributed by atoms with Gasteiger partial charge in [-0.15, -0.1) is 0 Å². The number of hydrogen-bond acceptors (Lipinski definition) is 2. The number of nitrogens with zero attached hydrogens (tertiary/aromatic N) is 1. The highest BCUT2D eigenvalue weighted by Crippen LogP contribution is 2.34. The van der Waals surface area contributed by atoms with Crippen molar-refractivity contribution in [2.45, 2.75) is 18.4 Å². The Hall–Kier alpha value is -1.69. The average Bonchev–Trinajstić information content (AvgIpc) is 2.79. The summed E-state index contributed by atoms with van der Waals surface area (Å²) in [5.74, 6) is 0. The fourth-order valence-corrected chi connectivity index (χ4v) is 2.97. The summed E-state index contributed by atoms with van der Waals surface area (Å²) < 4.78 is 0. The second-order valence-corrected chi connectivity index (χ2v) is 5.97. The van der Waals surface area contributed by atoms with E-state index < -0.39 is 5.54 Å². The van der Waals surface area contributed by atoms with Gasteiger partial charge in [-0.2, -0.15) is 5.26 Å². The lowest BCUT2D eigenvalue weighted by Gasteiger charge is -2.23. The molecule has 1 N–H and O–H groups in total. The molecule has 2 aromatic carbocycles. The second kappa shape index (κ2) is 5.01. The van der Waals surface area contributed by atoms with Gasteiger partial charge in [-0.1, -0.05) is 29.3 Å². The van der Waals surface area contributed by atoms with Gasteiger partial charge in [0, 0.05) is 28.6 Å². The molecule has 1 aliphatic rings. The molecule has 4 heteroatoms. The molecule has 0 spiro atoms. The van der Waals surface area contributed by atoms with Crippen molar-refractivity contribution in [2.24, 2.45) is 0 Å². The minimum absolute atomic E-state index is 0.610. The number of nitriles is 1. The Morgan fingerprint density at radius 2 is 1.60 bits per heavy atom. The van der Waals surface area contributed by atoms with Gasteiger partial charge >= 0.3 is 0 Å².